The summed E-state index contributed by atoms with van der Waals surface area (Å²) in [5.74, 6) is -0.540. The highest BCUT2D eigenvalue weighted by molar-refractivity contribution is 6.30. The van der Waals surface area contributed by atoms with Crippen molar-refractivity contribution in [1.29, 1.82) is 0 Å². The lowest BCUT2D eigenvalue weighted by molar-refractivity contribution is -0.155. The summed E-state index contributed by atoms with van der Waals surface area (Å²) in [6.45, 7) is 10.3. The molecule has 1 saturated heterocycles. The number of nitrogens with one attached hydrogen (secondary N) is 1. The number of amides is 2. The maximum absolute atomic E-state index is 13.5. The van der Waals surface area contributed by atoms with Crippen LogP contribution < -0.4 is 5.32 Å². The molecule has 2 aromatic rings. The van der Waals surface area contributed by atoms with Gasteiger partial charge in [-0.25, -0.2) is 0 Å². The number of halogens is 1. The van der Waals surface area contributed by atoms with E-state index in [0.717, 1.165) is 5.56 Å². The van der Waals surface area contributed by atoms with Crippen molar-refractivity contribution in [2.75, 3.05) is 13.1 Å². The maximum atomic E-state index is 13.5. The quantitative estimate of drug-likeness (QED) is 0.712. The van der Waals surface area contributed by atoms with E-state index in [1.165, 1.54) is 0 Å². The molecule has 2 amide bonds. The Morgan fingerprint density at radius 2 is 1.84 bits per heavy atom. The Balaban J connectivity index is 1.78. The molecule has 172 valence electrons. The molecule has 0 bridgehead atoms. The molecule has 2 N–H and O–H groups in total. The monoisotopic (exact) mass is 457 g/mol. The zero-order valence-electron chi connectivity index (χ0n) is 19.4. The molecular formula is C25H32ClN3O3. The summed E-state index contributed by atoms with van der Waals surface area (Å²) in [7, 11) is 0. The zero-order valence-corrected chi connectivity index (χ0v) is 20.1. The Kier molecular flexibility index (Phi) is 6.96. The second-order valence-corrected chi connectivity index (χ2v) is 10.0. The Labute approximate surface area is 195 Å². The van der Waals surface area contributed by atoms with Crippen LogP contribution in [-0.4, -0.2) is 45.9 Å². The largest absolute Gasteiger partial charge is 0.384 e. The van der Waals surface area contributed by atoms with Crippen LogP contribution in [0.2, 0.25) is 5.02 Å². The number of aryl methyl sites for hydroxylation is 1. The minimum Gasteiger partial charge on any atom is -0.384 e. The van der Waals surface area contributed by atoms with E-state index in [0.29, 0.717) is 35.8 Å². The Morgan fingerprint density at radius 3 is 2.41 bits per heavy atom. The predicted octanol–water partition coefficient (Wildman–Crippen LogP) is 3.94. The van der Waals surface area contributed by atoms with E-state index >= 15 is 0 Å². The van der Waals surface area contributed by atoms with E-state index in [4.69, 9.17) is 11.6 Å². The first-order valence-corrected chi connectivity index (χ1v) is 11.3. The number of nitrogens with zero attached hydrogens (tertiary/aromatic N) is 2. The molecule has 3 rings (SSSR count). The fraction of sp³-hybridized carbons (Fsp3) is 0.480. The van der Waals surface area contributed by atoms with Crippen LogP contribution in [0.4, 0.5) is 0 Å². The van der Waals surface area contributed by atoms with E-state index in [9.17, 15) is 14.7 Å². The first-order valence-electron chi connectivity index (χ1n) is 11.0. The highest BCUT2D eigenvalue weighted by Gasteiger charge is 2.50. The van der Waals surface area contributed by atoms with Gasteiger partial charge in [-0.3, -0.25) is 14.6 Å². The van der Waals surface area contributed by atoms with Crippen LogP contribution in [0.5, 0.6) is 0 Å². The number of benzene rings is 1. The van der Waals surface area contributed by atoms with Crippen molar-refractivity contribution in [3.05, 3.63) is 64.4 Å². The minimum absolute atomic E-state index is 0.0939. The lowest BCUT2D eigenvalue weighted by atomic mass is 9.66. The Morgan fingerprint density at radius 1 is 1.19 bits per heavy atom. The average Bonchev–Trinajstić information content (AvgIpc) is 2.73. The van der Waals surface area contributed by atoms with Crippen molar-refractivity contribution >= 4 is 23.4 Å². The molecule has 0 saturated carbocycles. The number of hydrogen-bond donors (Lipinski definition) is 2. The molecule has 0 spiro atoms. The van der Waals surface area contributed by atoms with Crippen LogP contribution in [0.1, 0.15) is 55.7 Å². The van der Waals surface area contributed by atoms with Gasteiger partial charge in [-0.2, -0.15) is 0 Å². The standard InChI is InChI=1S/C25H32ClN3O3/c1-16(2)21(28-22(30)20-7-6-13-27-17(20)3)23(31)29-14-12-25(32,24(4,5)15-29)18-8-10-19(26)11-9-18/h6-11,13,16,21,32H,12,14-15H2,1-5H3,(H,28,30)/t21-,25+/m1/s1. The van der Waals surface area contributed by atoms with Gasteiger partial charge in [-0.15, -0.1) is 0 Å². The maximum Gasteiger partial charge on any atom is 0.253 e. The van der Waals surface area contributed by atoms with Crippen molar-refractivity contribution < 1.29 is 14.7 Å². The topological polar surface area (TPSA) is 82.5 Å². The molecule has 1 fully saturated rings. The Bertz CT molecular complexity index is 990. The van der Waals surface area contributed by atoms with E-state index in [-0.39, 0.29) is 17.7 Å². The number of pyridine rings is 1. The molecular weight excluding hydrogens is 426 g/mol. The summed E-state index contributed by atoms with van der Waals surface area (Å²) >= 11 is 6.02. The number of rotatable bonds is 5. The number of aromatic nitrogens is 1. The molecule has 0 radical (unpaired) electrons. The fourth-order valence-corrected chi connectivity index (χ4v) is 4.55. The van der Waals surface area contributed by atoms with Gasteiger partial charge < -0.3 is 15.3 Å². The van der Waals surface area contributed by atoms with Gasteiger partial charge in [0, 0.05) is 35.4 Å². The smallest absolute Gasteiger partial charge is 0.253 e. The number of carbonyl (C=O) groups is 2. The second kappa shape index (κ2) is 9.20. The van der Waals surface area contributed by atoms with Crippen molar-refractivity contribution in [2.45, 2.75) is 52.7 Å². The van der Waals surface area contributed by atoms with Gasteiger partial charge in [0.05, 0.1) is 11.2 Å². The first kappa shape index (κ1) is 24.2. The summed E-state index contributed by atoms with van der Waals surface area (Å²) in [6, 6.07) is 9.97. The molecule has 1 aromatic heterocycles. The number of carbonyl (C=O) groups excluding carboxylic acids is 2. The van der Waals surface area contributed by atoms with Crippen LogP contribution in [0, 0.1) is 18.3 Å². The van der Waals surface area contributed by atoms with Crippen molar-refractivity contribution in [1.82, 2.24) is 15.2 Å². The van der Waals surface area contributed by atoms with Crippen molar-refractivity contribution in [3.63, 3.8) is 0 Å². The van der Waals surface area contributed by atoms with Gasteiger partial charge in [0.25, 0.3) is 5.91 Å². The highest BCUT2D eigenvalue weighted by Crippen LogP contribution is 2.46. The van der Waals surface area contributed by atoms with E-state index < -0.39 is 17.1 Å². The van der Waals surface area contributed by atoms with E-state index in [1.807, 2.05) is 39.8 Å². The lowest BCUT2D eigenvalue weighted by Gasteiger charge is -2.51. The summed E-state index contributed by atoms with van der Waals surface area (Å²) in [5, 5.41) is 15.1. The molecule has 32 heavy (non-hydrogen) atoms. The molecule has 2 heterocycles. The fourth-order valence-electron chi connectivity index (χ4n) is 4.42. The summed E-state index contributed by atoms with van der Waals surface area (Å²) in [5.41, 5.74) is 0.187. The second-order valence-electron chi connectivity index (χ2n) is 9.59. The van der Waals surface area contributed by atoms with Crippen molar-refractivity contribution in [3.8, 4) is 0 Å². The molecule has 0 unspecified atom stereocenters. The van der Waals surface area contributed by atoms with Gasteiger partial charge in [0.2, 0.25) is 5.91 Å². The van der Waals surface area contributed by atoms with E-state index in [1.54, 1.807) is 42.3 Å². The predicted molar refractivity (Wildman–Crippen MR) is 125 cm³/mol. The number of piperidine rings is 1. The Hall–Kier alpha value is -2.44. The molecule has 2 atom stereocenters. The minimum atomic E-state index is -1.09. The molecule has 1 aliphatic rings. The average molecular weight is 458 g/mol. The van der Waals surface area contributed by atoms with Crippen LogP contribution in [0.3, 0.4) is 0 Å². The molecule has 6 nitrogen and oxygen atoms in total. The zero-order chi connectivity index (χ0) is 23.7. The summed E-state index contributed by atoms with van der Waals surface area (Å²) in [4.78, 5) is 32.2. The van der Waals surface area contributed by atoms with Gasteiger partial charge in [0.1, 0.15) is 6.04 Å². The van der Waals surface area contributed by atoms with Gasteiger partial charge >= 0.3 is 0 Å². The third-order valence-corrected chi connectivity index (χ3v) is 6.81. The third-order valence-electron chi connectivity index (χ3n) is 6.55. The number of likely N-dealkylation sites (tertiary alicyclic amines) is 1. The van der Waals surface area contributed by atoms with Gasteiger partial charge in [-0.1, -0.05) is 51.4 Å². The lowest BCUT2D eigenvalue weighted by Crippen LogP contribution is -2.60. The highest BCUT2D eigenvalue weighted by atomic mass is 35.5. The molecule has 7 heteroatoms. The van der Waals surface area contributed by atoms with Crippen LogP contribution >= 0.6 is 11.6 Å². The third kappa shape index (κ3) is 4.66. The van der Waals surface area contributed by atoms with Gasteiger partial charge in [0.15, 0.2) is 0 Å². The van der Waals surface area contributed by atoms with Gasteiger partial charge in [-0.05, 0) is 49.1 Å². The molecule has 0 aliphatic carbocycles. The van der Waals surface area contributed by atoms with E-state index in [2.05, 4.69) is 10.3 Å². The first-order chi connectivity index (χ1) is 15.0. The molecule has 1 aliphatic heterocycles. The summed E-state index contributed by atoms with van der Waals surface area (Å²) in [6.07, 6.45) is 2.03. The van der Waals surface area contributed by atoms with Crippen molar-refractivity contribution in [2.24, 2.45) is 11.3 Å². The van der Waals surface area contributed by atoms with Crippen LogP contribution in [0.25, 0.3) is 0 Å². The van der Waals surface area contributed by atoms with Crippen LogP contribution in [-0.2, 0) is 10.4 Å². The summed E-state index contributed by atoms with van der Waals surface area (Å²) < 4.78 is 0. The number of aliphatic hydroxyl groups is 1. The number of hydrogen-bond acceptors (Lipinski definition) is 4. The van der Waals surface area contributed by atoms with Crippen LogP contribution in [0.15, 0.2) is 42.6 Å². The SMILES string of the molecule is Cc1ncccc1C(=O)N[C@@H](C(=O)N1CC[C@](O)(c2ccc(Cl)cc2)C(C)(C)C1)C(C)C. The normalized spacial score (nSPS) is 21.3. The molecule has 1 aromatic carbocycles.